The largest absolute Gasteiger partial charge is 0.480 e. The molecule has 12 N–H and O–H groups in total. The van der Waals surface area contributed by atoms with E-state index in [0.29, 0.717) is 19.4 Å². The van der Waals surface area contributed by atoms with Gasteiger partial charge in [0.1, 0.15) is 24.4 Å². The second-order valence-corrected chi connectivity index (χ2v) is 4.78. The van der Waals surface area contributed by atoms with Crippen LogP contribution < -0.4 is 17.2 Å². The molecule has 0 rings (SSSR count). The molecule has 0 spiro atoms. The number of rotatable bonds is 10. The molecule has 0 aromatic carbocycles. The van der Waals surface area contributed by atoms with Gasteiger partial charge in [-0.3, -0.25) is 9.79 Å². The predicted molar refractivity (Wildman–Crippen MR) is 83.2 cm³/mol. The quantitative estimate of drug-likeness (QED) is 0.0760. The van der Waals surface area contributed by atoms with Crippen molar-refractivity contribution in [3.8, 4) is 0 Å². The summed E-state index contributed by atoms with van der Waals surface area (Å²) in [7, 11) is 0. The minimum atomic E-state index is -2.25. The molecule has 0 saturated carbocycles. The molecule has 13 nitrogen and oxygen atoms in total. The Labute approximate surface area is 142 Å². The van der Waals surface area contributed by atoms with Crippen LogP contribution in [0.25, 0.3) is 0 Å². The number of hydrogen-bond acceptors (Lipinski definition) is 9. The Kier molecular flexibility index (Phi) is 13.0. The van der Waals surface area contributed by atoms with Gasteiger partial charge in [-0.15, -0.1) is 0 Å². The van der Waals surface area contributed by atoms with E-state index in [1.54, 1.807) is 0 Å². The van der Waals surface area contributed by atoms with Crippen molar-refractivity contribution in [1.82, 2.24) is 0 Å². The monoisotopic (exact) mass is 368 g/mol. The molecule has 0 saturated heterocycles. The number of aliphatic hydroxyl groups is 4. The summed E-state index contributed by atoms with van der Waals surface area (Å²) in [4.78, 5) is 33.9. The Balaban J connectivity index is 0. The van der Waals surface area contributed by atoms with Gasteiger partial charge in [0, 0.05) is 6.54 Å². The van der Waals surface area contributed by atoms with Crippen LogP contribution in [-0.4, -0.2) is 91.8 Å². The third-order valence-corrected chi connectivity index (χ3v) is 2.70. The van der Waals surface area contributed by atoms with Gasteiger partial charge in [-0.2, -0.15) is 0 Å². The SMILES string of the molecule is NC(N)=NCCC[C@H](N)C(=O)O.O=C[C@H](O)[C@@H](O)[C@@H](O)[C@H](O)C(=O)O. The molecule has 25 heavy (non-hydrogen) atoms. The van der Waals surface area contributed by atoms with Gasteiger partial charge >= 0.3 is 11.9 Å². The number of carbonyl (C=O) groups is 3. The molecule has 0 bridgehead atoms. The van der Waals surface area contributed by atoms with Gasteiger partial charge < -0.3 is 52.6 Å². The maximum atomic E-state index is 10.2. The van der Waals surface area contributed by atoms with Crippen LogP contribution in [0.2, 0.25) is 0 Å². The number of carboxylic acid groups (broad SMARTS) is 2. The zero-order chi connectivity index (χ0) is 20.2. The summed E-state index contributed by atoms with van der Waals surface area (Å²) < 4.78 is 0. The van der Waals surface area contributed by atoms with Crippen LogP contribution in [0.4, 0.5) is 0 Å². The van der Waals surface area contributed by atoms with Crippen LogP contribution in [-0.2, 0) is 14.4 Å². The van der Waals surface area contributed by atoms with Gasteiger partial charge in [0.15, 0.2) is 18.3 Å². The highest BCUT2D eigenvalue weighted by Crippen LogP contribution is 2.03. The third-order valence-electron chi connectivity index (χ3n) is 2.70. The number of nitrogens with zero attached hydrogens (tertiary/aromatic N) is 1. The Morgan fingerprint density at radius 1 is 1.00 bits per heavy atom. The zero-order valence-electron chi connectivity index (χ0n) is 13.2. The first-order valence-corrected chi connectivity index (χ1v) is 6.89. The van der Waals surface area contributed by atoms with Crippen molar-refractivity contribution in [3.63, 3.8) is 0 Å². The summed E-state index contributed by atoms with van der Waals surface area (Å²) in [5.41, 5.74) is 15.3. The van der Waals surface area contributed by atoms with Gasteiger partial charge in [-0.25, -0.2) is 4.79 Å². The molecule has 5 atom stereocenters. The maximum absolute atomic E-state index is 10.2. The maximum Gasteiger partial charge on any atom is 0.335 e. The molecule has 146 valence electrons. The van der Waals surface area contributed by atoms with E-state index in [2.05, 4.69) is 4.99 Å². The lowest BCUT2D eigenvalue weighted by Gasteiger charge is -2.21. The van der Waals surface area contributed by atoms with E-state index in [1.165, 1.54) is 0 Å². The Bertz CT molecular complexity index is 456. The van der Waals surface area contributed by atoms with Crippen molar-refractivity contribution in [3.05, 3.63) is 0 Å². The van der Waals surface area contributed by atoms with Crippen molar-refractivity contribution in [1.29, 1.82) is 0 Å². The van der Waals surface area contributed by atoms with Crippen LogP contribution in [0.1, 0.15) is 12.8 Å². The lowest BCUT2D eigenvalue weighted by Crippen LogP contribution is -2.48. The topological polar surface area (TPSA) is 263 Å². The van der Waals surface area contributed by atoms with E-state index in [-0.39, 0.29) is 12.2 Å². The molecule has 13 heteroatoms. The number of nitrogens with two attached hydrogens (primary N) is 3. The summed E-state index contributed by atoms with van der Waals surface area (Å²) in [5.74, 6) is -2.75. The highest BCUT2D eigenvalue weighted by Gasteiger charge is 2.34. The predicted octanol–water partition coefficient (Wildman–Crippen LogP) is -4.83. The first-order chi connectivity index (χ1) is 11.4. The summed E-state index contributed by atoms with van der Waals surface area (Å²) in [6.07, 6.45) is -7.44. The Morgan fingerprint density at radius 3 is 1.88 bits per heavy atom. The number of aliphatic hydroxyl groups excluding tert-OH is 4. The number of hydrogen-bond donors (Lipinski definition) is 9. The standard InChI is InChI=1S/C6H14N4O2.C6H10O7/c7-4(5(11)12)2-1-3-10-6(8)9;7-1-2(8)3(9)4(10)5(11)6(12)13/h4H,1-3,7H2,(H,11,12)(H4,8,9,10);1-5,8-11H,(H,12,13)/t4-;2-,3+,4+,5-/m00/s1. The summed E-state index contributed by atoms with van der Waals surface area (Å²) in [6.45, 7) is 0.420. The first-order valence-electron chi connectivity index (χ1n) is 6.89. The number of guanidine groups is 1. The summed E-state index contributed by atoms with van der Waals surface area (Å²) in [5, 5.41) is 51.6. The molecule has 0 aliphatic heterocycles. The molecular formula is C12H24N4O9. The van der Waals surface area contributed by atoms with Gasteiger partial charge in [-0.1, -0.05) is 0 Å². The molecule has 0 aliphatic rings. The average molecular weight is 368 g/mol. The fraction of sp³-hybridized carbons (Fsp3) is 0.667. The van der Waals surface area contributed by atoms with Crippen LogP contribution in [0.15, 0.2) is 4.99 Å². The first kappa shape index (κ1) is 24.9. The van der Waals surface area contributed by atoms with Crippen LogP contribution in [0, 0.1) is 0 Å². The zero-order valence-corrected chi connectivity index (χ0v) is 13.2. The number of carbonyl (C=O) groups excluding carboxylic acids is 1. The molecule has 0 amide bonds. The average Bonchev–Trinajstić information content (AvgIpc) is 2.55. The van der Waals surface area contributed by atoms with Gasteiger partial charge in [0.2, 0.25) is 0 Å². The number of aliphatic imine (C=N–C) groups is 1. The molecule has 0 radical (unpaired) electrons. The van der Waals surface area contributed by atoms with Gasteiger partial charge in [-0.05, 0) is 12.8 Å². The van der Waals surface area contributed by atoms with Gasteiger partial charge in [0.25, 0.3) is 0 Å². The Hall–Kier alpha value is -2.32. The third kappa shape index (κ3) is 11.8. The van der Waals surface area contributed by atoms with Crippen LogP contribution in [0.3, 0.4) is 0 Å². The van der Waals surface area contributed by atoms with E-state index < -0.39 is 42.4 Å². The molecule has 0 aromatic heterocycles. The second-order valence-electron chi connectivity index (χ2n) is 4.78. The van der Waals surface area contributed by atoms with E-state index >= 15 is 0 Å². The highest BCUT2D eigenvalue weighted by molar-refractivity contribution is 5.75. The minimum absolute atomic E-state index is 0.0129. The summed E-state index contributed by atoms with van der Waals surface area (Å²) >= 11 is 0. The fourth-order valence-electron chi connectivity index (χ4n) is 1.26. The van der Waals surface area contributed by atoms with E-state index in [9.17, 15) is 14.4 Å². The minimum Gasteiger partial charge on any atom is -0.480 e. The molecule has 0 aromatic rings. The molecule has 0 aliphatic carbocycles. The molecule has 0 fully saturated rings. The molecule has 0 unspecified atom stereocenters. The van der Waals surface area contributed by atoms with Crippen LogP contribution >= 0.6 is 0 Å². The second kappa shape index (κ2) is 13.0. The fourth-order valence-corrected chi connectivity index (χ4v) is 1.26. The Morgan fingerprint density at radius 2 is 1.52 bits per heavy atom. The van der Waals surface area contributed by atoms with Crippen molar-refractivity contribution >= 4 is 24.2 Å². The van der Waals surface area contributed by atoms with E-state index in [1.807, 2.05) is 0 Å². The van der Waals surface area contributed by atoms with Crippen molar-refractivity contribution in [2.75, 3.05) is 6.54 Å². The smallest absolute Gasteiger partial charge is 0.335 e. The number of aldehydes is 1. The normalized spacial score (nSPS) is 16.2. The summed E-state index contributed by atoms with van der Waals surface area (Å²) in [6, 6.07) is -0.820. The van der Waals surface area contributed by atoms with Crippen LogP contribution in [0.5, 0.6) is 0 Å². The lowest BCUT2D eigenvalue weighted by molar-refractivity contribution is -0.163. The molecule has 0 heterocycles. The van der Waals surface area contributed by atoms with Crippen molar-refractivity contribution < 1.29 is 45.0 Å². The number of aliphatic carboxylic acids is 2. The van der Waals surface area contributed by atoms with E-state index in [0.717, 1.165) is 0 Å². The van der Waals surface area contributed by atoms with E-state index in [4.69, 9.17) is 47.8 Å². The highest BCUT2D eigenvalue weighted by atomic mass is 16.4. The van der Waals surface area contributed by atoms with Crippen molar-refractivity contribution in [2.45, 2.75) is 43.3 Å². The lowest BCUT2D eigenvalue weighted by atomic mass is 10.0. The van der Waals surface area contributed by atoms with Crippen molar-refractivity contribution in [2.24, 2.45) is 22.2 Å². The number of carboxylic acids is 2. The molecular weight excluding hydrogens is 344 g/mol. The van der Waals surface area contributed by atoms with Gasteiger partial charge in [0.05, 0.1) is 0 Å².